The van der Waals surface area contributed by atoms with E-state index in [2.05, 4.69) is 26.1 Å². The summed E-state index contributed by atoms with van der Waals surface area (Å²) in [6, 6.07) is 9.49. The zero-order chi connectivity index (χ0) is 16.6. The highest BCUT2D eigenvalue weighted by molar-refractivity contribution is 5.76. The van der Waals surface area contributed by atoms with E-state index in [4.69, 9.17) is 9.47 Å². The van der Waals surface area contributed by atoms with Gasteiger partial charge in [0.25, 0.3) is 0 Å². The standard InChI is InChI=1S/C18H29NO3/c1-14(22-13-15-9-7-6-8-10-15)16(17(20)21-5)19-12-11-18(2,3)4/h6-10,14,16,19H,11-13H2,1-5H3/t14-,16?/m0/s1. The second-order valence-electron chi connectivity index (χ2n) is 6.77. The fourth-order valence-corrected chi connectivity index (χ4v) is 2.07. The third kappa shape index (κ3) is 7.05. The molecule has 1 rings (SSSR count). The summed E-state index contributed by atoms with van der Waals surface area (Å²) < 4.78 is 10.7. The Morgan fingerprint density at radius 1 is 1.23 bits per heavy atom. The van der Waals surface area contributed by atoms with Crippen LogP contribution < -0.4 is 5.32 Å². The van der Waals surface area contributed by atoms with Crippen molar-refractivity contribution in [3.8, 4) is 0 Å². The highest BCUT2D eigenvalue weighted by Gasteiger charge is 2.26. The van der Waals surface area contributed by atoms with E-state index in [9.17, 15) is 4.79 Å². The van der Waals surface area contributed by atoms with Gasteiger partial charge in [0.1, 0.15) is 6.04 Å². The Hall–Kier alpha value is -1.39. The molecule has 0 radical (unpaired) electrons. The lowest BCUT2D eigenvalue weighted by molar-refractivity contribution is -0.147. The van der Waals surface area contributed by atoms with Gasteiger partial charge in [-0.25, -0.2) is 0 Å². The van der Waals surface area contributed by atoms with Gasteiger partial charge in [0.15, 0.2) is 0 Å². The van der Waals surface area contributed by atoms with Crippen LogP contribution in [0.15, 0.2) is 30.3 Å². The molecule has 0 aliphatic rings. The molecular formula is C18H29NO3. The van der Waals surface area contributed by atoms with E-state index < -0.39 is 6.04 Å². The lowest BCUT2D eigenvalue weighted by Crippen LogP contribution is -2.47. The van der Waals surface area contributed by atoms with Crippen LogP contribution in [0.25, 0.3) is 0 Å². The van der Waals surface area contributed by atoms with E-state index in [-0.39, 0.29) is 17.5 Å². The molecule has 2 atom stereocenters. The largest absolute Gasteiger partial charge is 0.468 e. The van der Waals surface area contributed by atoms with Crippen LogP contribution in [0.4, 0.5) is 0 Å². The number of carbonyl (C=O) groups is 1. The van der Waals surface area contributed by atoms with E-state index in [0.29, 0.717) is 6.61 Å². The SMILES string of the molecule is COC(=O)C(NCCC(C)(C)C)[C@H](C)OCc1ccccc1. The number of esters is 1. The zero-order valence-electron chi connectivity index (χ0n) is 14.4. The van der Waals surface area contributed by atoms with Gasteiger partial charge >= 0.3 is 5.97 Å². The summed E-state index contributed by atoms with van der Waals surface area (Å²) in [5.74, 6) is -0.283. The molecule has 1 aromatic carbocycles. The Balaban J connectivity index is 2.53. The summed E-state index contributed by atoms with van der Waals surface area (Å²) in [5.41, 5.74) is 1.31. The number of rotatable bonds is 8. The van der Waals surface area contributed by atoms with E-state index in [0.717, 1.165) is 18.5 Å². The summed E-state index contributed by atoms with van der Waals surface area (Å²) in [6.45, 7) is 9.67. The first-order chi connectivity index (χ1) is 10.3. The van der Waals surface area contributed by atoms with Crippen molar-refractivity contribution < 1.29 is 14.3 Å². The second-order valence-corrected chi connectivity index (χ2v) is 6.77. The number of carbonyl (C=O) groups excluding carboxylic acids is 1. The van der Waals surface area contributed by atoms with Crippen LogP contribution in [0.3, 0.4) is 0 Å². The third-order valence-corrected chi connectivity index (χ3v) is 3.52. The predicted molar refractivity (Wildman–Crippen MR) is 88.6 cm³/mol. The Kier molecular flexibility index (Phi) is 7.56. The molecule has 0 aromatic heterocycles. The first-order valence-electron chi connectivity index (χ1n) is 7.80. The Morgan fingerprint density at radius 3 is 2.41 bits per heavy atom. The van der Waals surface area contributed by atoms with Gasteiger partial charge in [-0.3, -0.25) is 4.79 Å². The van der Waals surface area contributed by atoms with Crippen molar-refractivity contribution >= 4 is 5.97 Å². The molecule has 0 aliphatic carbocycles. The van der Waals surface area contributed by atoms with Crippen LogP contribution >= 0.6 is 0 Å². The quantitative estimate of drug-likeness (QED) is 0.750. The maximum atomic E-state index is 12.0. The van der Waals surface area contributed by atoms with Crippen molar-refractivity contribution in [1.82, 2.24) is 5.32 Å². The molecule has 0 spiro atoms. The van der Waals surface area contributed by atoms with Gasteiger partial charge < -0.3 is 14.8 Å². The molecule has 0 saturated carbocycles. The topological polar surface area (TPSA) is 47.6 Å². The number of hydrogen-bond acceptors (Lipinski definition) is 4. The molecule has 4 nitrogen and oxygen atoms in total. The number of ether oxygens (including phenoxy) is 2. The fourth-order valence-electron chi connectivity index (χ4n) is 2.07. The average Bonchev–Trinajstić information content (AvgIpc) is 2.48. The number of nitrogens with one attached hydrogen (secondary N) is 1. The number of methoxy groups -OCH3 is 1. The Bertz CT molecular complexity index is 439. The van der Waals surface area contributed by atoms with Crippen LogP contribution in [0, 0.1) is 5.41 Å². The molecule has 0 amide bonds. The average molecular weight is 307 g/mol. The number of benzene rings is 1. The van der Waals surface area contributed by atoms with Gasteiger partial charge in [-0.2, -0.15) is 0 Å². The molecule has 124 valence electrons. The normalized spacial score (nSPS) is 14.4. The molecule has 0 bridgehead atoms. The lowest BCUT2D eigenvalue weighted by atomic mass is 9.92. The van der Waals surface area contributed by atoms with Crippen molar-refractivity contribution in [2.24, 2.45) is 5.41 Å². The van der Waals surface area contributed by atoms with E-state index in [1.165, 1.54) is 7.11 Å². The van der Waals surface area contributed by atoms with E-state index >= 15 is 0 Å². The van der Waals surface area contributed by atoms with Crippen molar-refractivity contribution in [3.05, 3.63) is 35.9 Å². The Labute approximate surface area is 134 Å². The minimum absolute atomic E-state index is 0.224. The highest BCUT2D eigenvalue weighted by atomic mass is 16.5. The van der Waals surface area contributed by atoms with Crippen LogP contribution in [0.2, 0.25) is 0 Å². The molecular weight excluding hydrogens is 278 g/mol. The summed E-state index contributed by atoms with van der Waals surface area (Å²) in [5, 5.41) is 3.26. The highest BCUT2D eigenvalue weighted by Crippen LogP contribution is 2.17. The second kappa shape index (κ2) is 8.91. The minimum atomic E-state index is -0.448. The molecule has 4 heteroatoms. The number of hydrogen-bond donors (Lipinski definition) is 1. The fraction of sp³-hybridized carbons (Fsp3) is 0.611. The van der Waals surface area contributed by atoms with Crippen LogP contribution in [0.5, 0.6) is 0 Å². The van der Waals surface area contributed by atoms with Gasteiger partial charge in [0.05, 0.1) is 19.8 Å². The van der Waals surface area contributed by atoms with Gasteiger partial charge in [-0.15, -0.1) is 0 Å². The van der Waals surface area contributed by atoms with E-state index in [1.54, 1.807) is 0 Å². The van der Waals surface area contributed by atoms with E-state index in [1.807, 2.05) is 37.3 Å². The van der Waals surface area contributed by atoms with Gasteiger partial charge in [0, 0.05) is 0 Å². The summed E-state index contributed by atoms with van der Waals surface area (Å²) >= 11 is 0. The lowest BCUT2D eigenvalue weighted by Gasteiger charge is -2.25. The van der Waals surface area contributed by atoms with Crippen LogP contribution in [-0.4, -0.2) is 31.8 Å². The minimum Gasteiger partial charge on any atom is -0.468 e. The van der Waals surface area contributed by atoms with Gasteiger partial charge in [0.2, 0.25) is 0 Å². The smallest absolute Gasteiger partial charge is 0.325 e. The molecule has 1 unspecified atom stereocenters. The molecule has 0 aliphatic heterocycles. The van der Waals surface area contributed by atoms with Crippen molar-refractivity contribution in [1.29, 1.82) is 0 Å². The van der Waals surface area contributed by atoms with Gasteiger partial charge in [-0.1, -0.05) is 51.1 Å². The van der Waals surface area contributed by atoms with Crippen LogP contribution in [-0.2, 0) is 20.9 Å². The molecule has 22 heavy (non-hydrogen) atoms. The van der Waals surface area contributed by atoms with Crippen molar-refractivity contribution in [2.45, 2.75) is 52.9 Å². The molecule has 0 fully saturated rings. The van der Waals surface area contributed by atoms with Gasteiger partial charge in [-0.05, 0) is 30.9 Å². The predicted octanol–water partition coefficient (Wildman–Crippen LogP) is 3.16. The monoisotopic (exact) mass is 307 g/mol. The van der Waals surface area contributed by atoms with Crippen LogP contribution in [0.1, 0.15) is 39.7 Å². The molecule has 0 saturated heterocycles. The summed E-state index contributed by atoms with van der Waals surface area (Å²) in [7, 11) is 1.41. The molecule has 1 N–H and O–H groups in total. The Morgan fingerprint density at radius 2 is 1.86 bits per heavy atom. The molecule has 0 heterocycles. The first kappa shape index (κ1) is 18.7. The molecule has 1 aromatic rings. The van der Waals surface area contributed by atoms with Crippen molar-refractivity contribution in [2.75, 3.05) is 13.7 Å². The third-order valence-electron chi connectivity index (χ3n) is 3.52. The maximum absolute atomic E-state index is 12.0. The van der Waals surface area contributed by atoms with Crippen molar-refractivity contribution in [3.63, 3.8) is 0 Å². The summed E-state index contributed by atoms with van der Waals surface area (Å²) in [4.78, 5) is 12.0. The maximum Gasteiger partial charge on any atom is 0.325 e. The summed E-state index contributed by atoms with van der Waals surface area (Å²) in [6.07, 6.45) is 0.721. The first-order valence-corrected chi connectivity index (χ1v) is 7.80. The zero-order valence-corrected chi connectivity index (χ0v) is 14.4.